The molecule has 2 aromatic rings. The lowest BCUT2D eigenvalue weighted by molar-refractivity contribution is 0.0949. The van der Waals surface area contributed by atoms with Gasteiger partial charge in [-0.25, -0.2) is 0 Å². The van der Waals surface area contributed by atoms with Crippen molar-refractivity contribution in [3.63, 3.8) is 0 Å². The second-order valence-electron chi connectivity index (χ2n) is 7.04. The summed E-state index contributed by atoms with van der Waals surface area (Å²) in [5, 5.41) is 4.00. The van der Waals surface area contributed by atoms with Crippen molar-refractivity contribution in [3.8, 4) is 0 Å². The van der Waals surface area contributed by atoms with Crippen molar-refractivity contribution in [2.24, 2.45) is 17.8 Å². The monoisotopic (exact) mass is 374 g/mol. The molecule has 1 amide bonds. The fraction of sp³-hybridized carbons (Fsp3) is 0.350. The van der Waals surface area contributed by atoms with Crippen LogP contribution in [0.2, 0.25) is 10.0 Å². The molecule has 3 nitrogen and oxygen atoms in total. The topological polar surface area (TPSA) is 32.3 Å². The highest BCUT2D eigenvalue weighted by Crippen LogP contribution is 2.51. The quantitative estimate of drug-likeness (QED) is 0.854. The maximum atomic E-state index is 12.3. The molecule has 1 heterocycles. The minimum Gasteiger partial charge on any atom is -0.352 e. The maximum Gasteiger partial charge on any atom is 0.251 e. The fourth-order valence-corrected chi connectivity index (χ4v) is 4.53. The summed E-state index contributed by atoms with van der Waals surface area (Å²) in [5.41, 5.74) is 1.89. The Labute approximate surface area is 157 Å². The average Bonchev–Trinajstić information content (AvgIpc) is 3.04. The lowest BCUT2D eigenvalue weighted by atomic mass is 10.2. The molecule has 1 aliphatic carbocycles. The second kappa shape index (κ2) is 6.99. The van der Waals surface area contributed by atoms with E-state index in [1.807, 2.05) is 0 Å². The molecule has 1 aliphatic heterocycles. The molecule has 1 saturated carbocycles. The first-order valence-corrected chi connectivity index (χ1v) is 9.36. The van der Waals surface area contributed by atoms with E-state index in [1.165, 1.54) is 5.56 Å². The molecule has 25 heavy (non-hydrogen) atoms. The molecule has 4 rings (SSSR count). The molecule has 0 radical (unpaired) electrons. The molecule has 3 atom stereocenters. The number of likely N-dealkylation sites (tertiary alicyclic amines) is 1. The largest absolute Gasteiger partial charge is 0.352 e. The van der Waals surface area contributed by atoms with Crippen LogP contribution in [-0.4, -0.2) is 30.4 Å². The lowest BCUT2D eigenvalue weighted by Crippen LogP contribution is -2.30. The van der Waals surface area contributed by atoms with E-state index < -0.39 is 0 Å². The van der Waals surface area contributed by atoms with Crippen molar-refractivity contribution < 1.29 is 4.79 Å². The summed E-state index contributed by atoms with van der Waals surface area (Å²) < 4.78 is 0. The van der Waals surface area contributed by atoms with Crippen LogP contribution in [0.5, 0.6) is 0 Å². The predicted molar refractivity (Wildman–Crippen MR) is 101 cm³/mol. The Balaban J connectivity index is 1.25. The smallest absolute Gasteiger partial charge is 0.251 e. The van der Waals surface area contributed by atoms with Gasteiger partial charge in [0.05, 0.1) is 0 Å². The van der Waals surface area contributed by atoms with Crippen LogP contribution in [0.15, 0.2) is 48.5 Å². The van der Waals surface area contributed by atoms with Gasteiger partial charge in [0.1, 0.15) is 0 Å². The van der Waals surface area contributed by atoms with Gasteiger partial charge in [-0.3, -0.25) is 9.69 Å². The van der Waals surface area contributed by atoms with Gasteiger partial charge in [-0.2, -0.15) is 0 Å². The number of nitrogens with one attached hydrogen (secondary N) is 1. The van der Waals surface area contributed by atoms with E-state index in [0.29, 0.717) is 33.4 Å². The summed E-state index contributed by atoms with van der Waals surface area (Å²) in [6, 6.07) is 15.5. The fourth-order valence-electron chi connectivity index (χ4n) is 4.01. The highest BCUT2D eigenvalue weighted by atomic mass is 35.5. The molecule has 2 fully saturated rings. The number of hydrogen-bond donors (Lipinski definition) is 1. The number of nitrogens with zero attached hydrogens (tertiary/aromatic N) is 1. The Morgan fingerprint density at radius 2 is 1.68 bits per heavy atom. The van der Waals surface area contributed by atoms with E-state index in [1.54, 1.807) is 18.2 Å². The minimum absolute atomic E-state index is 0.101. The number of fused-ring (bicyclic) bond motifs is 1. The van der Waals surface area contributed by atoms with Crippen LogP contribution < -0.4 is 5.32 Å². The zero-order valence-electron chi connectivity index (χ0n) is 13.8. The standard InChI is InChI=1S/C20H20Cl2N2O/c21-15-6-14(7-16(22)8-15)20(25)23-9-17-18-11-24(12-19(17)18)10-13-4-2-1-3-5-13/h1-8,17-19H,9-12H2,(H,23,25)/t17?,18-,19+. The second-order valence-corrected chi connectivity index (χ2v) is 7.91. The van der Waals surface area contributed by atoms with E-state index in [-0.39, 0.29) is 5.91 Å². The number of hydrogen-bond acceptors (Lipinski definition) is 2. The summed E-state index contributed by atoms with van der Waals surface area (Å²) >= 11 is 11.9. The van der Waals surface area contributed by atoms with Crippen LogP contribution in [0, 0.1) is 17.8 Å². The Morgan fingerprint density at radius 1 is 1.04 bits per heavy atom. The van der Waals surface area contributed by atoms with Gasteiger partial charge in [0.15, 0.2) is 0 Å². The third-order valence-electron chi connectivity index (χ3n) is 5.32. The molecule has 0 spiro atoms. The third-order valence-corrected chi connectivity index (χ3v) is 5.76. The number of piperidine rings is 1. The van der Waals surface area contributed by atoms with Crippen LogP contribution in [0.4, 0.5) is 0 Å². The van der Waals surface area contributed by atoms with Crippen LogP contribution in [0.3, 0.4) is 0 Å². The summed E-state index contributed by atoms with van der Waals surface area (Å²) in [5.74, 6) is 1.93. The number of amides is 1. The van der Waals surface area contributed by atoms with Crippen molar-refractivity contribution in [1.82, 2.24) is 10.2 Å². The van der Waals surface area contributed by atoms with E-state index in [4.69, 9.17) is 23.2 Å². The van der Waals surface area contributed by atoms with Crippen LogP contribution in [-0.2, 0) is 6.54 Å². The van der Waals surface area contributed by atoms with Gasteiger partial charge in [-0.1, -0.05) is 53.5 Å². The highest BCUT2D eigenvalue weighted by Gasteiger charge is 2.55. The summed E-state index contributed by atoms with van der Waals surface area (Å²) in [4.78, 5) is 14.8. The molecule has 130 valence electrons. The molecule has 0 bridgehead atoms. The molecule has 1 unspecified atom stereocenters. The molecular weight excluding hydrogens is 355 g/mol. The van der Waals surface area contributed by atoms with E-state index in [9.17, 15) is 4.79 Å². The first kappa shape index (κ1) is 16.9. The van der Waals surface area contributed by atoms with E-state index in [0.717, 1.165) is 26.2 Å². The Hall–Kier alpha value is -1.55. The molecule has 1 saturated heterocycles. The molecule has 5 heteroatoms. The summed E-state index contributed by atoms with van der Waals surface area (Å²) in [6.45, 7) is 4.01. The van der Waals surface area contributed by atoms with Gasteiger partial charge in [-0.15, -0.1) is 0 Å². The van der Waals surface area contributed by atoms with E-state index >= 15 is 0 Å². The predicted octanol–water partition coefficient (Wildman–Crippen LogP) is 4.10. The number of benzene rings is 2. The van der Waals surface area contributed by atoms with Gasteiger partial charge >= 0.3 is 0 Å². The van der Waals surface area contributed by atoms with Crippen LogP contribution in [0.1, 0.15) is 15.9 Å². The average molecular weight is 375 g/mol. The number of carbonyl (C=O) groups is 1. The number of halogens is 2. The molecule has 2 aromatic carbocycles. The normalized spacial score (nSPS) is 24.8. The number of carbonyl (C=O) groups excluding carboxylic acids is 1. The highest BCUT2D eigenvalue weighted by molar-refractivity contribution is 6.35. The zero-order valence-corrected chi connectivity index (χ0v) is 15.3. The van der Waals surface area contributed by atoms with Crippen molar-refractivity contribution in [1.29, 1.82) is 0 Å². The van der Waals surface area contributed by atoms with Gasteiger partial charge in [0, 0.05) is 41.8 Å². The lowest BCUT2D eigenvalue weighted by Gasteiger charge is -2.19. The number of rotatable bonds is 5. The van der Waals surface area contributed by atoms with Gasteiger partial charge in [0.2, 0.25) is 0 Å². The zero-order chi connectivity index (χ0) is 17.4. The molecule has 1 N–H and O–H groups in total. The molecular formula is C20H20Cl2N2O. The van der Waals surface area contributed by atoms with E-state index in [2.05, 4.69) is 40.5 Å². The first-order valence-electron chi connectivity index (χ1n) is 8.61. The van der Waals surface area contributed by atoms with Crippen molar-refractivity contribution in [2.45, 2.75) is 6.54 Å². The van der Waals surface area contributed by atoms with Crippen LogP contribution in [0.25, 0.3) is 0 Å². The minimum atomic E-state index is -0.101. The van der Waals surface area contributed by atoms with Gasteiger partial charge in [0.25, 0.3) is 5.91 Å². The van der Waals surface area contributed by atoms with Crippen LogP contribution >= 0.6 is 23.2 Å². The summed E-state index contributed by atoms with van der Waals surface area (Å²) in [7, 11) is 0. The Kier molecular flexibility index (Phi) is 4.72. The van der Waals surface area contributed by atoms with Crippen molar-refractivity contribution in [2.75, 3.05) is 19.6 Å². The van der Waals surface area contributed by atoms with Crippen molar-refractivity contribution in [3.05, 3.63) is 69.7 Å². The first-order chi connectivity index (χ1) is 12.1. The molecule has 0 aromatic heterocycles. The summed E-state index contributed by atoms with van der Waals surface area (Å²) in [6.07, 6.45) is 0. The molecule has 2 aliphatic rings. The SMILES string of the molecule is O=C(NCC1[C@H]2CN(Cc3ccccc3)C[C@@H]12)c1cc(Cl)cc(Cl)c1. The van der Waals surface area contributed by atoms with Gasteiger partial charge in [-0.05, 0) is 41.5 Å². The Morgan fingerprint density at radius 3 is 2.32 bits per heavy atom. The Bertz CT molecular complexity index is 748. The maximum absolute atomic E-state index is 12.3. The van der Waals surface area contributed by atoms with Gasteiger partial charge < -0.3 is 5.32 Å². The third kappa shape index (κ3) is 3.84. The van der Waals surface area contributed by atoms with Crippen molar-refractivity contribution >= 4 is 29.1 Å².